The molecule has 3 nitrogen and oxygen atoms in total. The molecule has 0 atom stereocenters. The number of nitrogens with zero attached hydrogens (tertiary/aromatic N) is 2. The minimum absolute atomic E-state index is 0.691. The van der Waals surface area contributed by atoms with Gasteiger partial charge in [-0.2, -0.15) is 0 Å². The molecule has 0 aliphatic rings. The second kappa shape index (κ2) is 4.92. The molecule has 2 N–H and O–H groups in total. The highest BCUT2D eigenvalue weighted by molar-refractivity contribution is 7.09. The van der Waals surface area contributed by atoms with E-state index in [-0.39, 0.29) is 0 Å². The summed E-state index contributed by atoms with van der Waals surface area (Å²) in [5.74, 6) is 0. The summed E-state index contributed by atoms with van der Waals surface area (Å²) in [7, 11) is 0. The molecule has 18 heavy (non-hydrogen) atoms. The first kappa shape index (κ1) is 11.4. The van der Waals surface area contributed by atoms with E-state index in [1.54, 1.807) is 11.3 Å². The van der Waals surface area contributed by atoms with Crippen LogP contribution in [0.1, 0.15) is 10.6 Å². The van der Waals surface area contributed by atoms with Gasteiger partial charge in [-0.05, 0) is 30.7 Å². The maximum Gasteiger partial charge on any atom is 0.112 e. The minimum Gasteiger partial charge on any atom is -0.341 e. The molecule has 0 aliphatic carbocycles. The molecule has 2 heterocycles. The molecule has 1 aromatic carbocycles. The average Bonchev–Trinajstić information content (AvgIpc) is 3.01. The molecular weight excluding hydrogens is 242 g/mol. The predicted octanol–water partition coefficient (Wildman–Crippen LogP) is 2.65. The summed E-state index contributed by atoms with van der Waals surface area (Å²) in [5.41, 5.74) is 8.24. The number of hydrogen-bond acceptors (Lipinski definition) is 3. The van der Waals surface area contributed by atoms with Crippen LogP contribution in [0.2, 0.25) is 0 Å². The molecule has 3 rings (SSSR count). The third-order valence-corrected chi connectivity index (χ3v) is 3.87. The largest absolute Gasteiger partial charge is 0.341 e. The lowest BCUT2D eigenvalue weighted by molar-refractivity contribution is 0.827. The van der Waals surface area contributed by atoms with Gasteiger partial charge in [-0.3, -0.25) is 0 Å². The number of fused-ring (bicyclic) bond motifs is 1. The van der Waals surface area contributed by atoms with Crippen molar-refractivity contribution in [3.63, 3.8) is 0 Å². The van der Waals surface area contributed by atoms with E-state index in [0.29, 0.717) is 6.54 Å². The van der Waals surface area contributed by atoms with E-state index >= 15 is 0 Å². The molecule has 0 bridgehead atoms. The van der Waals surface area contributed by atoms with Gasteiger partial charge in [0.2, 0.25) is 0 Å². The Balaban J connectivity index is 2.01. The summed E-state index contributed by atoms with van der Waals surface area (Å²) in [6.45, 7) is 1.53. The fourth-order valence-corrected chi connectivity index (χ4v) is 2.89. The van der Waals surface area contributed by atoms with Gasteiger partial charge in [0.1, 0.15) is 5.01 Å². The van der Waals surface area contributed by atoms with Gasteiger partial charge in [-0.1, -0.05) is 12.1 Å². The highest BCUT2D eigenvalue weighted by Gasteiger charge is 2.06. The number of nitrogens with two attached hydrogens (primary N) is 1. The fourth-order valence-electron chi connectivity index (χ4n) is 2.28. The second-order valence-corrected chi connectivity index (χ2v) is 5.24. The highest BCUT2D eigenvalue weighted by atomic mass is 32.1. The van der Waals surface area contributed by atoms with Crippen molar-refractivity contribution in [3.8, 4) is 0 Å². The monoisotopic (exact) mass is 257 g/mol. The first-order valence-electron chi connectivity index (χ1n) is 6.03. The van der Waals surface area contributed by atoms with Crippen molar-refractivity contribution in [2.75, 3.05) is 6.54 Å². The molecule has 0 aliphatic heterocycles. The standard InChI is InChI=1S/C14H15N3S/c15-6-4-11-2-1-3-13-12(11)5-8-17(13)10-14-16-7-9-18-14/h1-3,5,7-9H,4,6,10,15H2. The number of rotatable bonds is 4. The highest BCUT2D eigenvalue weighted by Crippen LogP contribution is 2.22. The van der Waals surface area contributed by atoms with Crippen LogP contribution in [-0.4, -0.2) is 16.1 Å². The third kappa shape index (κ3) is 2.05. The van der Waals surface area contributed by atoms with Crippen LogP contribution < -0.4 is 5.73 Å². The van der Waals surface area contributed by atoms with Crippen LogP contribution in [0.3, 0.4) is 0 Å². The second-order valence-electron chi connectivity index (χ2n) is 4.26. The summed E-state index contributed by atoms with van der Waals surface area (Å²) >= 11 is 1.69. The van der Waals surface area contributed by atoms with Gasteiger partial charge in [0, 0.05) is 28.7 Å². The number of aromatic nitrogens is 2. The molecule has 0 saturated carbocycles. The third-order valence-electron chi connectivity index (χ3n) is 3.11. The lowest BCUT2D eigenvalue weighted by Crippen LogP contribution is -2.03. The van der Waals surface area contributed by atoms with Gasteiger partial charge < -0.3 is 10.3 Å². The van der Waals surface area contributed by atoms with E-state index in [1.807, 2.05) is 11.6 Å². The number of thiazole rings is 1. The minimum atomic E-state index is 0.691. The van der Waals surface area contributed by atoms with Crippen molar-refractivity contribution in [2.24, 2.45) is 5.73 Å². The fraction of sp³-hybridized carbons (Fsp3) is 0.214. The van der Waals surface area contributed by atoms with Crippen molar-refractivity contribution in [1.82, 2.24) is 9.55 Å². The average molecular weight is 257 g/mol. The van der Waals surface area contributed by atoms with Crippen LogP contribution in [0.5, 0.6) is 0 Å². The van der Waals surface area contributed by atoms with Crippen LogP contribution in [-0.2, 0) is 13.0 Å². The van der Waals surface area contributed by atoms with Crippen LogP contribution in [0.4, 0.5) is 0 Å². The molecule has 0 fully saturated rings. The lowest BCUT2D eigenvalue weighted by Gasteiger charge is -2.05. The van der Waals surface area contributed by atoms with Crippen molar-refractivity contribution in [2.45, 2.75) is 13.0 Å². The number of benzene rings is 1. The van der Waals surface area contributed by atoms with Gasteiger partial charge in [0.25, 0.3) is 0 Å². The normalized spacial score (nSPS) is 11.2. The number of hydrogen-bond donors (Lipinski definition) is 1. The van der Waals surface area contributed by atoms with Gasteiger partial charge in [0.05, 0.1) is 6.54 Å². The topological polar surface area (TPSA) is 43.8 Å². The molecule has 92 valence electrons. The summed E-state index contributed by atoms with van der Waals surface area (Å²) in [6, 6.07) is 8.59. The zero-order valence-electron chi connectivity index (χ0n) is 10.0. The van der Waals surface area contributed by atoms with E-state index in [2.05, 4.69) is 40.0 Å². The Morgan fingerprint density at radius 3 is 3.00 bits per heavy atom. The zero-order valence-corrected chi connectivity index (χ0v) is 10.9. The maximum absolute atomic E-state index is 5.65. The van der Waals surface area contributed by atoms with E-state index in [9.17, 15) is 0 Å². The van der Waals surface area contributed by atoms with E-state index < -0.39 is 0 Å². The molecule has 0 unspecified atom stereocenters. The van der Waals surface area contributed by atoms with Crippen molar-refractivity contribution >= 4 is 22.2 Å². The van der Waals surface area contributed by atoms with E-state index in [0.717, 1.165) is 18.0 Å². The van der Waals surface area contributed by atoms with Crippen molar-refractivity contribution < 1.29 is 0 Å². The summed E-state index contributed by atoms with van der Waals surface area (Å²) in [6.07, 6.45) is 4.91. The van der Waals surface area contributed by atoms with Gasteiger partial charge in [0.15, 0.2) is 0 Å². The Kier molecular flexibility index (Phi) is 3.13. The molecule has 2 aromatic heterocycles. The predicted molar refractivity (Wildman–Crippen MR) is 75.9 cm³/mol. The van der Waals surface area contributed by atoms with E-state index in [1.165, 1.54) is 16.5 Å². The quantitative estimate of drug-likeness (QED) is 0.781. The Bertz CT molecular complexity index is 640. The molecule has 0 radical (unpaired) electrons. The molecule has 0 amide bonds. The Hall–Kier alpha value is -1.65. The molecule has 0 saturated heterocycles. The van der Waals surface area contributed by atoms with Crippen LogP contribution >= 0.6 is 11.3 Å². The SMILES string of the molecule is NCCc1cccc2c1ccn2Cc1nccs1. The Labute approximate surface area is 110 Å². The van der Waals surface area contributed by atoms with Crippen LogP contribution in [0.15, 0.2) is 42.0 Å². The van der Waals surface area contributed by atoms with Gasteiger partial charge in [-0.25, -0.2) is 4.98 Å². The summed E-state index contributed by atoms with van der Waals surface area (Å²) in [5, 5.41) is 4.46. The van der Waals surface area contributed by atoms with Crippen LogP contribution in [0, 0.1) is 0 Å². The van der Waals surface area contributed by atoms with Crippen molar-refractivity contribution in [3.05, 3.63) is 52.6 Å². The van der Waals surface area contributed by atoms with E-state index in [4.69, 9.17) is 5.73 Å². The molecular formula is C14H15N3S. The summed E-state index contributed by atoms with van der Waals surface area (Å²) < 4.78 is 2.24. The Morgan fingerprint density at radius 1 is 1.28 bits per heavy atom. The van der Waals surface area contributed by atoms with Gasteiger partial charge >= 0.3 is 0 Å². The maximum atomic E-state index is 5.65. The zero-order chi connectivity index (χ0) is 12.4. The van der Waals surface area contributed by atoms with Crippen molar-refractivity contribution in [1.29, 1.82) is 0 Å². The first-order chi connectivity index (χ1) is 8.88. The molecule has 3 aromatic rings. The molecule has 4 heteroatoms. The Morgan fingerprint density at radius 2 is 2.22 bits per heavy atom. The van der Waals surface area contributed by atoms with Crippen LogP contribution in [0.25, 0.3) is 10.9 Å². The lowest BCUT2D eigenvalue weighted by atomic mass is 10.1. The smallest absolute Gasteiger partial charge is 0.112 e. The van der Waals surface area contributed by atoms with Gasteiger partial charge in [-0.15, -0.1) is 11.3 Å². The first-order valence-corrected chi connectivity index (χ1v) is 6.91. The summed E-state index contributed by atoms with van der Waals surface area (Å²) in [4.78, 5) is 4.33. The molecule has 0 spiro atoms.